The molecule has 0 bridgehead atoms. The number of carbonyl (C=O) groups excluding carboxylic acids is 1. The molecule has 0 aliphatic heterocycles. The number of nitrogens with zero attached hydrogens (tertiary/aromatic N) is 2. The van der Waals surface area contributed by atoms with Gasteiger partial charge in [0, 0.05) is 6.07 Å². The summed E-state index contributed by atoms with van der Waals surface area (Å²) in [6.07, 6.45) is 0. The number of nitrogens with one attached hydrogen (secondary N) is 1. The van der Waals surface area contributed by atoms with Crippen LogP contribution in [0.1, 0.15) is 11.6 Å². The molecule has 7 heteroatoms. The van der Waals surface area contributed by atoms with Crippen LogP contribution in [0.3, 0.4) is 0 Å². The molecule has 0 radical (unpaired) electrons. The van der Waals surface area contributed by atoms with Crippen molar-refractivity contribution in [3.8, 4) is 5.88 Å². The molecule has 1 amide bonds. The Morgan fingerprint density at radius 3 is 2.70 bits per heavy atom. The van der Waals surface area contributed by atoms with Crippen molar-refractivity contribution in [1.82, 2.24) is 9.97 Å². The van der Waals surface area contributed by atoms with Crippen molar-refractivity contribution in [3.05, 3.63) is 47.1 Å². The standard InChI is InChI=1S/C13H13ClN4O2/c1-20-10-7-9(14)16-13(17-10)18-12(19)11(15)8-5-3-2-4-6-8/h2-7,11H,15H2,1H3,(H,16,17,18,19)/t11-/m0/s1. The third-order valence-electron chi connectivity index (χ3n) is 2.56. The van der Waals surface area contributed by atoms with Gasteiger partial charge < -0.3 is 10.5 Å². The molecule has 2 rings (SSSR count). The van der Waals surface area contributed by atoms with Gasteiger partial charge >= 0.3 is 0 Å². The average Bonchev–Trinajstić information content (AvgIpc) is 2.46. The number of nitrogens with two attached hydrogens (primary N) is 1. The van der Waals surface area contributed by atoms with Crippen LogP contribution >= 0.6 is 11.6 Å². The van der Waals surface area contributed by atoms with Crippen molar-refractivity contribution < 1.29 is 9.53 Å². The van der Waals surface area contributed by atoms with Gasteiger partial charge in [-0.05, 0) is 5.56 Å². The number of benzene rings is 1. The molecular formula is C13H13ClN4O2. The van der Waals surface area contributed by atoms with Crippen LogP contribution < -0.4 is 15.8 Å². The van der Waals surface area contributed by atoms with Gasteiger partial charge in [0.05, 0.1) is 7.11 Å². The lowest BCUT2D eigenvalue weighted by Crippen LogP contribution is -2.28. The maximum absolute atomic E-state index is 12.0. The molecule has 1 heterocycles. The molecule has 0 aliphatic rings. The number of hydrogen-bond acceptors (Lipinski definition) is 5. The van der Waals surface area contributed by atoms with Crippen molar-refractivity contribution in [1.29, 1.82) is 0 Å². The highest BCUT2D eigenvalue weighted by atomic mass is 35.5. The predicted octanol–water partition coefficient (Wildman–Crippen LogP) is 1.78. The first-order valence-corrected chi connectivity index (χ1v) is 6.18. The minimum Gasteiger partial charge on any atom is -0.481 e. The maximum atomic E-state index is 12.0. The second kappa shape index (κ2) is 6.31. The molecule has 0 fully saturated rings. The summed E-state index contributed by atoms with van der Waals surface area (Å²) in [6.45, 7) is 0. The van der Waals surface area contributed by atoms with Crippen molar-refractivity contribution in [2.75, 3.05) is 12.4 Å². The smallest absolute Gasteiger partial charge is 0.248 e. The number of methoxy groups -OCH3 is 1. The number of carbonyl (C=O) groups is 1. The molecule has 3 N–H and O–H groups in total. The number of anilines is 1. The molecule has 104 valence electrons. The van der Waals surface area contributed by atoms with E-state index in [0.717, 1.165) is 0 Å². The van der Waals surface area contributed by atoms with E-state index in [-0.39, 0.29) is 17.0 Å². The van der Waals surface area contributed by atoms with Crippen LogP contribution in [-0.2, 0) is 4.79 Å². The highest BCUT2D eigenvalue weighted by Crippen LogP contribution is 2.17. The van der Waals surface area contributed by atoms with E-state index in [0.29, 0.717) is 5.56 Å². The van der Waals surface area contributed by atoms with Crippen LogP contribution in [0, 0.1) is 0 Å². The third-order valence-corrected chi connectivity index (χ3v) is 2.75. The van der Waals surface area contributed by atoms with E-state index in [1.807, 2.05) is 6.07 Å². The molecule has 0 unspecified atom stereocenters. The van der Waals surface area contributed by atoms with Crippen molar-refractivity contribution >= 4 is 23.5 Å². The van der Waals surface area contributed by atoms with E-state index in [9.17, 15) is 4.79 Å². The van der Waals surface area contributed by atoms with Crippen molar-refractivity contribution in [2.24, 2.45) is 5.73 Å². The Labute approximate surface area is 120 Å². The summed E-state index contributed by atoms with van der Waals surface area (Å²) in [5, 5.41) is 2.67. The lowest BCUT2D eigenvalue weighted by atomic mass is 10.1. The van der Waals surface area contributed by atoms with Crippen molar-refractivity contribution in [2.45, 2.75) is 6.04 Å². The van der Waals surface area contributed by atoms with Gasteiger partial charge in [-0.2, -0.15) is 4.98 Å². The molecular weight excluding hydrogens is 280 g/mol. The van der Waals surface area contributed by atoms with E-state index in [2.05, 4.69) is 15.3 Å². The predicted molar refractivity (Wildman–Crippen MR) is 75.6 cm³/mol. The fourth-order valence-corrected chi connectivity index (χ4v) is 1.73. The molecule has 0 saturated carbocycles. The summed E-state index contributed by atoms with van der Waals surface area (Å²) in [5.74, 6) is -0.125. The molecule has 20 heavy (non-hydrogen) atoms. The van der Waals surface area contributed by atoms with Gasteiger partial charge in [-0.1, -0.05) is 41.9 Å². The molecule has 1 aromatic carbocycles. The first-order valence-electron chi connectivity index (χ1n) is 5.80. The Hall–Kier alpha value is -2.18. The molecule has 1 aromatic heterocycles. The number of ether oxygens (including phenoxy) is 1. The molecule has 6 nitrogen and oxygen atoms in total. The van der Waals surface area contributed by atoms with Crippen LogP contribution in [0.15, 0.2) is 36.4 Å². The Kier molecular flexibility index (Phi) is 4.49. The Bertz CT molecular complexity index is 607. The largest absolute Gasteiger partial charge is 0.481 e. The maximum Gasteiger partial charge on any atom is 0.248 e. The van der Waals surface area contributed by atoms with E-state index >= 15 is 0 Å². The topological polar surface area (TPSA) is 90.1 Å². The number of hydrogen-bond donors (Lipinski definition) is 2. The quantitative estimate of drug-likeness (QED) is 0.838. The Morgan fingerprint density at radius 1 is 1.35 bits per heavy atom. The van der Waals surface area contributed by atoms with Crippen LogP contribution in [0.2, 0.25) is 5.15 Å². The van der Waals surface area contributed by atoms with Gasteiger partial charge in [0.25, 0.3) is 0 Å². The first kappa shape index (κ1) is 14.2. The van der Waals surface area contributed by atoms with E-state index in [4.69, 9.17) is 22.1 Å². The van der Waals surface area contributed by atoms with Crippen LogP contribution in [-0.4, -0.2) is 23.0 Å². The molecule has 1 atom stereocenters. The number of halogens is 1. The first-order chi connectivity index (χ1) is 9.60. The fraction of sp³-hybridized carbons (Fsp3) is 0.154. The number of aromatic nitrogens is 2. The normalized spacial score (nSPS) is 11.8. The van der Waals surface area contributed by atoms with Crippen LogP contribution in [0.4, 0.5) is 5.95 Å². The van der Waals surface area contributed by atoms with Gasteiger partial charge in [-0.3, -0.25) is 10.1 Å². The number of rotatable bonds is 4. The van der Waals surface area contributed by atoms with E-state index in [1.165, 1.54) is 13.2 Å². The van der Waals surface area contributed by atoms with Crippen LogP contribution in [0.5, 0.6) is 5.88 Å². The lowest BCUT2D eigenvalue weighted by Gasteiger charge is -2.12. The Balaban J connectivity index is 2.13. The average molecular weight is 293 g/mol. The minimum atomic E-state index is -0.815. The second-order valence-electron chi connectivity index (χ2n) is 3.93. The molecule has 0 saturated heterocycles. The summed E-state index contributed by atoms with van der Waals surface area (Å²) in [6, 6.07) is 9.62. The lowest BCUT2D eigenvalue weighted by molar-refractivity contribution is -0.117. The molecule has 0 spiro atoms. The van der Waals surface area contributed by atoms with E-state index < -0.39 is 11.9 Å². The van der Waals surface area contributed by atoms with Crippen molar-refractivity contribution in [3.63, 3.8) is 0 Å². The molecule has 0 aliphatic carbocycles. The van der Waals surface area contributed by atoms with Gasteiger partial charge in [-0.15, -0.1) is 0 Å². The highest BCUT2D eigenvalue weighted by Gasteiger charge is 2.17. The van der Waals surface area contributed by atoms with Gasteiger partial charge in [0.1, 0.15) is 11.2 Å². The summed E-state index contributed by atoms with van der Waals surface area (Å²) in [7, 11) is 1.44. The zero-order chi connectivity index (χ0) is 14.5. The monoisotopic (exact) mass is 292 g/mol. The molecule has 2 aromatic rings. The zero-order valence-corrected chi connectivity index (χ0v) is 11.5. The summed E-state index contributed by atoms with van der Waals surface area (Å²) >= 11 is 5.80. The number of amides is 1. The van der Waals surface area contributed by atoms with E-state index in [1.54, 1.807) is 24.3 Å². The second-order valence-corrected chi connectivity index (χ2v) is 4.32. The highest BCUT2D eigenvalue weighted by molar-refractivity contribution is 6.29. The summed E-state index contributed by atoms with van der Waals surface area (Å²) < 4.78 is 4.94. The van der Waals surface area contributed by atoms with Gasteiger partial charge in [0.2, 0.25) is 17.7 Å². The zero-order valence-electron chi connectivity index (χ0n) is 10.7. The van der Waals surface area contributed by atoms with Gasteiger partial charge in [0.15, 0.2) is 0 Å². The third kappa shape index (κ3) is 3.43. The van der Waals surface area contributed by atoms with Gasteiger partial charge in [-0.25, -0.2) is 4.98 Å². The summed E-state index contributed by atoms with van der Waals surface area (Å²) in [5.41, 5.74) is 6.56. The minimum absolute atomic E-state index is 0.0470. The summed E-state index contributed by atoms with van der Waals surface area (Å²) in [4.78, 5) is 19.9. The van der Waals surface area contributed by atoms with Crippen LogP contribution in [0.25, 0.3) is 0 Å². The SMILES string of the molecule is COc1cc(Cl)nc(NC(=O)[C@@H](N)c2ccccc2)n1. The fourth-order valence-electron chi connectivity index (χ4n) is 1.56. The Morgan fingerprint density at radius 2 is 2.05 bits per heavy atom.